The summed E-state index contributed by atoms with van der Waals surface area (Å²) >= 11 is 0. The van der Waals surface area contributed by atoms with Crippen molar-refractivity contribution in [2.24, 2.45) is 0 Å². The van der Waals surface area contributed by atoms with Crippen LogP contribution < -0.4 is 20.5 Å². The normalized spacial score (nSPS) is 13.2. The van der Waals surface area contributed by atoms with Crippen LogP contribution in [0, 0.1) is 26.0 Å². The molecule has 1 N–H and O–H groups in total. The van der Waals surface area contributed by atoms with Crippen LogP contribution in [0.2, 0.25) is 13.1 Å². The number of benzene rings is 5. The smallest absolute Gasteiger partial charge is 0.145 e. The van der Waals surface area contributed by atoms with Crippen LogP contribution >= 0.6 is 0 Å². The molecule has 0 bridgehead atoms. The third kappa shape index (κ3) is 5.60. The van der Waals surface area contributed by atoms with Gasteiger partial charge >= 0.3 is 0 Å². The van der Waals surface area contributed by atoms with Gasteiger partial charge < -0.3 is 4.57 Å². The van der Waals surface area contributed by atoms with Crippen molar-refractivity contribution in [3.05, 3.63) is 139 Å². The minimum atomic E-state index is -2.28. The molecule has 2 aromatic heterocycles. The van der Waals surface area contributed by atoms with E-state index in [1.807, 2.05) is 11.3 Å². The topological polar surface area (TPSA) is 37.1 Å². The van der Waals surface area contributed by atoms with E-state index < -0.39 is 8.07 Å². The second-order valence-electron chi connectivity index (χ2n) is 14.6. The van der Waals surface area contributed by atoms with Gasteiger partial charge in [-0.05, 0) is 92.6 Å². The minimum Gasteiger partial charge on any atom is -0.319 e. The molecular formula is C43H41N4OPtSi-. The van der Waals surface area contributed by atoms with E-state index in [0.29, 0.717) is 0 Å². The number of anilines is 3. The summed E-state index contributed by atoms with van der Waals surface area (Å²) in [6, 6.07) is 46.7. The predicted molar refractivity (Wildman–Crippen MR) is 207 cm³/mol. The summed E-state index contributed by atoms with van der Waals surface area (Å²) in [5.74, 6) is 0.894. The van der Waals surface area contributed by atoms with E-state index in [2.05, 4.69) is 179 Å². The maximum atomic E-state index is 5.08. The van der Waals surface area contributed by atoms with Crippen molar-refractivity contribution >= 4 is 57.3 Å². The van der Waals surface area contributed by atoms with Gasteiger partial charge in [0.25, 0.3) is 0 Å². The van der Waals surface area contributed by atoms with Crippen molar-refractivity contribution in [3.8, 4) is 16.9 Å². The Morgan fingerprint density at radius 3 is 2.14 bits per heavy atom. The van der Waals surface area contributed by atoms with Crippen molar-refractivity contribution in [2.45, 2.75) is 53.3 Å². The van der Waals surface area contributed by atoms with Crippen LogP contribution in [0.3, 0.4) is 0 Å². The Morgan fingerprint density at radius 1 is 0.700 bits per heavy atom. The van der Waals surface area contributed by atoms with E-state index in [1.165, 1.54) is 43.4 Å². The van der Waals surface area contributed by atoms with Gasteiger partial charge in [0.15, 0.2) is 0 Å². The zero-order valence-electron chi connectivity index (χ0n) is 29.5. The van der Waals surface area contributed by atoms with E-state index >= 15 is 0 Å². The van der Waals surface area contributed by atoms with Crippen LogP contribution in [-0.4, -0.2) is 28.1 Å². The molecule has 7 aromatic rings. The van der Waals surface area contributed by atoms with E-state index in [1.54, 1.807) is 0 Å². The number of aryl methyl sites for hydroxylation is 2. The van der Waals surface area contributed by atoms with E-state index in [-0.39, 0.29) is 26.6 Å². The third-order valence-electron chi connectivity index (χ3n) is 9.83. The van der Waals surface area contributed by atoms with Gasteiger partial charge in [-0.1, -0.05) is 67.1 Å². The number of hydrogen-bond acceptors (Lipinski definition) is 3. The van der Waals surface area contributed by atoms with Crippen LogP contribution in [0.5, 0.6) is 0 Å². The van der Waals surface area contributed by atoms with E-state index in [4.69, 9.17) is 9.92 Å². The van der Waals surface area contributed by atoms with E-state index in [0.717, 1.165) is 33.9 Å². The van der Waals surface area contributed by atoms with Crippen LogP contribution in [0.1, 0.15) is 31.9 Å². The molecule has 0 saturated heterocycles. The second kappa shape index (κ2) is 12.7. The van der Waals surface area contributed by atoms with Crippen LogP contribution in [-0.2, 0) is 21.1 Å². The summed E-state index contributed by atoms with van der Waals surface area (Å²) in [6.45, 7) is 15.7. The van der Waals surface area contributed by atoms with Crippen LogP contribution in [0.15, 0.2) is 115 Å². The molecule has 1 aliphatic rings. The molecule has 0 amide bonds. The fourth-order valence-electron chi connectivity index (χ4n) is 7.23. The molecule has 0 aliphatic carbocycles. The summed E-state index contributed by atoms with van der Waals surface area (Å²) in [5, 5.41) is 8.95. The van der Waals surface area contributed by atoms with Gasteiger partial charge in [0.05, 0.1) is 8.07 Å². The molecule has 0 fully saturated rings. The molecule has 1 aliphatic heterocycles. The Balaban J connectivity index is 0.00000392. The molecule has 3 heterocycles. The zero-order valence-corrected chi connectivity index (χ0v) is 32.8. The number of aromatic nitrogens is 2. The van der Waals surface area contributed by atoms with Gasteiger partial charge in [0, 0.05) is 38.5 Å². The van der Waals surface area contributed by atoms with Gasteiger partial charge in [-0.25, -0.2) is 4.98 Å². The summed E-state index contributed by atoms with van der Waals surface area (Å²) in [6.07, 6.45) is 1.93. The zero-order chi connectivity index (χ0) is 34.1. The summed E-state index contributed by atoms with van der Waals surface area (Å²) in [7, 11) is -2.28. The number of hydrogen-bond donors (Lipinski definition) is 0. The molecule has 5 aromatic carbocycles. The SMILES string of the molecule is Cc1cccc(C)c1-c1ccnc(-n2c3[c-]c([Si](C)(C)c4[c-]c(N5[OH+]N(C(C)(C)C)c6ccccc65)ccc4)ccc3c3ccccc32)c1.[Pt]. The van der Waals surface area contributed by atoms with Gasteiger partial charge in [0.1, 0.15) is 22.7 Å². The molecule has 0 atom stereocenters. The molecule has 8 rings (SSSR count). The Morgan fingerprint density at radius 2 is 1.38 bits per heavy atom. The third-order valence-corrected chi connectivity index (χ3v) is 13.1. The fraction of sp³-hybridized carbons (Fsp3) is 0.186. The number of nitrogens with zero attached hydrogens (tertiary/aromatic N) is 4. The van der Waals surface area contributed by atoms with Crippen LogP contribution in [0.25, 0.3) is 38.8 Å². The molecule has 0 unspecified atom stereocenters. The average Bonchev–Trinajstić information content (AvgIpc) is 3.65. The first kappa shape index (κ1) is 34.0. The first-order chi connectivity index (χ1) is 23.5. The summed E-state index contributed by atoms with van der Waals surface area (Å²) in [5.41, 5.74) is 10.1. The first-order valence-electron chi connectivity index (χ1n) is 16.9. The fourth-order valence-corrected chi connectivity index (χ4v) is 9.41. The van der Waals surface area contributed by atoms with Crippen LogP contribution in [0.4, 0.5) is 17.1 Å². The standard InChI is InChI=1S/C43H40N4OSi.Pt/c1-29-14-12-15-30(2)42(29)31-24-25-44-41(26-31)45-37-19-9-8-18-35(37)36-23-22-34(28-40(36)45)49(6,7)33-17-13-16-32(27-33)46-38-20-10-11-21-39(38)47(48-46)43(3,4)5;/h8-26H,1-7H3;/q-2;/p+1. The molecule has 7 heteroatoms. The molecule has 0 radical (unpaired) electrons. The maximum Gasteiger partial charge on any atom is 0.145 e. The Kier molecular flexibility index (Phi) is 8.62. The van der Waals surface area contributed by atoms with Crippen molar-refractivity contribution in [2.75, 3.05) is 10.1 Å². The molecular weight excluding hydrogens is 812 g/mol. The van der Waals surface area contributed by atoms with Gasteiger partial charge in [-0.2, -0.15) is 51.7 Å². The Bertz CT molecular complexity index is 2370. The Labute approximate surface area is 310 Å². The number of hydroxylamine groups is 1. The molecule has 254 valence electrons. The minimum absolute atomic E-state index is 0. The van der Waals surface area contributed by atoms with Crippen molar-refractivity contribution in [1.82, 2.24) is 9.55 Å². The van der Waals surface area contributed by atoms with Gasteiger partial charge in [-0.3, -0.25) is 0 Å². The average molecular weight is 853 g/mol. The van der Waals surface area contributed by atoms with Gasteiger partial charge in [0.2, 0.25) is 0 Å². The molecule has 50 heavy (non-hydrogen) atoms. The number of pyridine rings is 1. The predicted octanol–water partition coefficient (Wildman–Crippen LogP) is 9.48. The number of rotatable bonds is 5. The van der Waals surface area contributed by atoms with Crippen molar-refractivity contribution < 1.29 is 26.0 Å². The summed E-state index contributed by atoms with van der Waals surface area (Å²) in [4.78, 5) is 10.0. The monoisotopic (exact) mass is 852 g/mol. The van der Waals surface area contributed by atoms with E-state index in [9.17, 15) is 0 Å². The molecule has 0 saturated carbocycles. The van der Waals surface area contributed by atoms with Gasteiger partial charge in [-0.15, -0.1) is 21.6 Å². The summed E-state index contributed by atoms with van der Waals surface area (Å²) < 4.78 is 2.29. The Hall–Kier alpha value is -4.48. The quantitative estimate of drug-likeness (QED) is 0.0985. The second-order valence-corrected chi connectivity index (χ2v) is 18.9. The first-order valence-corrected chi connectivity index (χ1v) is 19.9. The maximum absolute atomic E-state index is 5.08. The molecule has 0 spiro atoms. The molecule has 5 nitrogen and oxygen atoms in total. The number of para-hydroxylation sites is 3. The largest absolute Gasteiger partial charge is 0.319 e. The van der Waals surface area contributed by atoms with Crippen molar-refractivity contribution in [1.29, 1.82) is 0 Å². The van der Waals surface area contributed by atoms with Crippen molar-refractivity contribution in [3.63, 3.8) is 0 Å². The number of fused-ring (bicyclic) bond motifs is 4.